The normalized spacial score (nSPS) is 23.4. The zero-order chi connectivity index (χ0) is 15.5. The third-order valence-electron chi connectivity index (χ3n) is 3.72. The van der Waals surface area contributed by atoms with E-state index in [-0.39, 0.29) is 22.3 Å². The molecule has 0 heterocycles. The summed E-state index contributed by atoms with van der Waals surface area (Å²) < 4.78 is 37.4. The van der Waals surface area contributed by atoms with Crippen molar-refractivity contribution < 1.29 is 18.0 Å². The molecule has 0 aromatic heterocycles. The number of carbonyl (C=O) groups excluding carboxylic acids is 1. The van der Waals surface area contributed by atoms with Crippen molar-refractivity contribution in [2.24, 2.45) is 0 Å². The summed E-state index contributed by atoms with van der Waals surface area (Å²) >= 11 is 3.58. The molecular formula is C15H17BrF3NO. The van der Waals surface area contributed by atoms with Crippen LogP contribution in [-0.2, 0) is 6.18 Å². The Hall–Kier alpha value is -1.04. The van der Waals surface area contributed by atoms with Crippen LogP contribution in [0.1, 0.15) is 48.0 Å². The number of alkyl halides is 4. The average molecular weight is 364 g/mol. The first-order chi connectivity index (χ1) is 9.88. The van der Waals surface area contributed by atoms with Crippen molar-refractivity contribution in [2.75, 3.05) is 0 Å². The SMILES string of the molecule is O=C(NC1CCCCCC1Br)c1ccc(C(F)(F)F)cc1. The van der Waals surface area contributed by atoms with Crippen LogP contribution < -0.4 is 5.32 Å². The quantitative estimate of drug-likeness (QED) is 0.606. The van der Waals surface area contributed by atoms with Gasteiger partial charge in [-0.1, -0.05) is 35.2 Å². The molecule has 2 rings (SSSR count). The van der Waals surface area contributed by atoms with Crippen molar-refractivity contribution in [2.45, 2.75) is 49.1 Å². The molecule has 0 radical (unpaired) electrons. The molecule has 1 amide bonds. The number of halogens is 4. The monoisotopic (exact) mass is 363 g/mol. The topological polar surface area (TPSA) is 29.1 Å². The average Bonchev–Trinajstić information content (AvgIpc) is 2.63. The van der Waals surface area contributed by atoms with Crippen LogP contribution in [0.25, 0.3) is 0 Å². The van der Waals surface area contributed by atoms with E-state index in [1.165, 1.54) is 12.1 Å². The van der Waals surface area contributed by atoms with Gasteiger partial charge in [0.05, 0.1) is 5.56 Å². The largest absolute Gasteiger partial charge is 0.416 e. The molecule has 1 aliphatic carbocycles. The van der Waals surface area contributed by atoms with Crippen LogP contribution >= 0.6 is 15.9 Å². The fraction of sp³-hybridized carbons (Fsp3) is 0.533. The molecule has 1 N–H and O–H groups in total. The highest BCUT2D eigenvalue weighted by Gasteiger charge is 2.30. The number of benzene rings is 1. The number of nitrogens with one attached hydrogen (secondary N) is 1. The Balaban J connectivity index is 2.02. The van der Waals surface area contributed by atoms with Gasteiger partial charge in [0, 0.05) is 16.4 Å². The molecule has 1 fully saturated rings. The molecular weight excluding hydrogens is 347 g/mol. The predicted molar refractivity (Wildman–Crippen MR) is 78.5 cm³/mol. The summed E-state index contributed by atoms with van der Waals surface area (Å²) in [6.45, 7) is 0. The maximum Gasteiger partial charge on any atom is 0.416 e. The molecule has 2 unspecified atom stereocenters. The third-order valence-corrected chi connectivity index (χ3v) is 4.82. The molecule has 1 aliphatic rings. The van der Waals surface area contributed by atoms with Crippen LogP contribution in [0, 0.1) is 0 Å². The fourth-order valence-electron chi connectivity index (χ4n) is 2.49. The van der Waals surface area contributed by atoms with Crippen molar-refractivity contribution >= 4 is 21.8 Å². The highest BCUT2D eigenvalue weighted by Crippen LogP contribution is 2.29. The lowest BCUT2D eigenvalue weighted by Crippen LogP contribution is -2.40. The molecule has 1 saturated carbocycles. The van der Waals surface area contributed by atoms with Crippen LogP contribution in [0.5, 0.6) is 0 Å². The van der Waals surface area contributed by atoms with Gasteiger partial charge < -0.3 is 5.32 Å². The summed E-state index contributed by atoms with van der Waals surface area (Å²) in [5.41, 5.74) is -0.487. The molecule has 0 spiro atoms. The smallest absolute Gasteiger partial charge is 0.348 e. The molecule has 0 saturated heterocycles. The maximum absolute atomic E-state index is 12.5. The molecule has 1 aromatic rings. The van der Waals surface area contributed by atoms with Crippen LogP contribution in [0.15, 0.2) is 24.3 Å². The highest BCUT2D eigenvalue weighted by molar-refractivity contribution is 9.09. The van der Waals surface area contributed by atoms with Gasteiger partial charge in [-0.3, -0.25) is 4.79 Å². The Kier molecular flexibility index (Phi) is 5.30. The minimum atomic E-state index is -4.38. The summed E-state index contributed by atoms with van der Waals surface area (Å²) in [6.07, 6.45) is 0.842. The summed E-state index contributed by atoms with van der Waals surface area (Å²) in [7, 11) is 0. The molecule has 1 aromatic carbocycles. The standard InChI is InChI=1S/C15H17BrF3NO/c16-12-4-2-1-3-5-13(12)20-14(21)10-6-8-11(9-7-10)15(17,18)19/h6-9,12-13H,1-5H2,(H,20,21). The lowest BCUT2D eigenvalue weighted by atomic mass is 10.1. The van der Waals surface area contributed by atoms with Crippen molar-refractivity contribution in [3.05, 3.63) is 35.4 Å². The van der Waals surface area contributed by atoms with Gasteiger partial charge in [-0.2, -0.15) is 13.2 Å². The van der Waals surface area contributed by atoms with Gasteiger partial charge in [-0.25, -0.2) is 0 Å². The minimum absolute atomic E-state index is 0.0299. The zero-order valence-electron chi connectivity index (χ0n) is 11.4. The van der Waals surface area contributed by atoms with E-state index in [0.29, 0.717) is 0 Å². The van der Waals surface area contributed by atoms with Crippen LogP contribution in [0.3, 0.4) is 0 Å². The Morgan fingerprint density at radius 1 is 1.10 bits per heavy atom. The van der Waals surface area contributed by atoms with Crippen LogP contribution in [0.4, 0.5) is 13.2 Å². The summed E-state index contributed by atoms with van der Waals surface area (Å²) in [6, 6.07) is 4.35. The highest BCUT2D eigenvalue weighted by atomic mass is 79.9. The number of carbonyl (C=O) groups is 1. The Morgan fingerprint density at radius 3 is 2.33 bits per heavy atom. The van der Waals surface area contributed by atoms with Gasteiger partial charge in [-0.05, 0) is 37.1 Å². The van der Waals surface area contributed by atoms with Gasteiger partial charge in [0.15, 0.2) is 0 Å². The van der Waals surface area contributed by atoms with E-state index < -0.39 is 11.7 Å². The first kappa shape index (κ1) is 16.3. The van der Waals surface area contributed by atoms with E-state index in [9.17, 15) is 18.0 Å². The summed E-state index contributed by atoms with van der Waals surface area (Å²) in [4.78, 5) is 12.3. The summed E-state index contributed by atoms with van der Waals surface area (Å²) in [5.74, 6) is -0.319. The van der Waals surface area contributed by atoms with E-state index >= 15 is 0 Å². The first-order valence-corrected chi connectivity index (χ1v) is 7.91. The molecule has 2 atom stereocenters. The Morgan fingerprint density at radius 2 is 1.71 bits per heavy atom. The zero-order valence-corrected chi connectivity index (χ0v) is 13.0. The molecule has 6 heteroatoms. The number of hydrogen-bond donors (Lipinski definition) is 1. The predicted octanol–water partition coefficient (Wildman–Crippen LogP) is 4.53. The van der Waals surface area contributed by atoms with E-state index in [0.717, 1.165) is 44.2 Å². The van der Waals surface area contributed by atoms with Gasteiger partial charge in [0.25, 0.3) is 5.91 Å². The first-order valence-electron chi connectivity index (χ1n) is 7.00. The van der Waals surface area contributed by atoms with E-state index in [4.69, 9.17) is 0 Å². The second kappa shape index (κ2) is 6.81. The van der Waals surface area contributed by atoms with Gasteiger partial charge >= 0.3 is 6.18 Å². The molecule has 2 nitrogen and oxygen atoms in total. The van der Waals surface area contributed by atoms with Crippen LogP contribution in [0.2, 0.25) is 0 Å². The fourth-order valence-corrected chi connectivity index (χ4v) is 3.21. The van der Waals surface area contributed by atoms with E-state index in [1.54, 1.807) is 0 Å². The number of rotatable bonds is 2. The minimum Gasteiger partial charge on any atom is -0.348 e. The lowest BCUT2D eigenvalue weighted by Gasteiger charge is -2.21. The van der Waals surface area contributed by atoms with Crippen molar-refractivity contribution in [3.63, 3.8) is 0 Å². The molecule has 116 valence electrons. The molecule has 0 aliphatic heterocycles. The van der Waals surface area contributed by atoms with Crippen molar-refractivity contribution in [1.29, 1.82) is 0 Å². The molecule has 0 bridgehead atoms. The van der Waals surface area contributed by atoms with Gasteiger partial charge in [-0.15, -0.1) is 0 Å². The van der Waals surface area contributed by atoms with Crippen molar-refractivity contribution in [1.82, 2.24) is 5.32 Å². The van der Waals surface area contributed by atoms with Gasteiger partial charge in [0.2, 0.25) is 0 Å². The van der Waals surface area contributed by atoms with Crippen molar-refractivity contribution in [3.8, 4) is 0 Å². The number of amides is 1. The second-order valence-electron chi connectivity index (χ2n) is 5.31. The van der Waals surface area contributed by atoms with Crippen LogP contribution in [-0.4, -0.2) is 16.8 Å². The second-order valence-corrected chi connectivity index (χ2v) is 6.49. The number of hydrogen-bond acceptors (Lipinski definition) is 1. The summed E-state index contributed by atoms with van der Waals surface area (Å²) in [5, 5.41) is 2.92. The van der Waals surface area contributed by atoms with Gasteiger partial charge in [0.1, 0.15) is 0 Å². The van der Waals surface area contributed by atoms with E-state index in [1.807, 2.05) is 0 Å². The Labute approximate surface area is 130 Å². The third kappa shape index (κ3) is 4.46. The Bertz CT molecular complexity index is 487. The van der Waals surface area contributed by atoms with E-state index in [2.05, 4.69) is 21.2 Å². The molecule has 21 heavy (non-hydrogen) atoms. The lowest BCUT2D eigenvalue weighted by molar-refractivity contribution is -0.137. The maximum atomic E-state index is 12.5.